The van der Waals surface area contributed by atoms with Crippen LogP contribution in [0.15, 0.2) is 0 Å². The van der Waals surface area contributed by atoms with Gasteiger partial charge in [-0.15, -0.1) is 0 Å². The Labute approximate surface area is 246 Å². The molecule has 0 rings (SSSR count). The third-order valence-corrected chi connectivity index (χ3v) is 7.73. The van der Waals surface area contributed by atoms with Crippen LogP contribution < -0.4 is 0 Å². The minimum absolute atomic E-state index is 0.0202. The van der Waals surface area contributed by atoms with Crippen LogP contribution in [-0.2, 0) is 19.1 Å². The number of carbonyl (C=O) groups is 2. The molecule has 7 nitrogen and oxygen atoms in total. The molecule has 0 aliphatic heterocycles. The molecule has 0 bridgehead atoms. The number of esters is 1. The van der Waals surface area contributed by atoms with Gasteiger partial charge in [-0.1, -0.05) is 90.9 Å². The summed E-state index contributed by atoms with van der Waals surface area (Å²) in [5, 5.41) is 19.6. The van der Waals surface area contributed by atoms with E-state index in [-0.39, 0.29) is 18.5 Å². The number of rotatable bonds is 32. The van der Waals surface area contributed by atoms with Gasteiger partial charge in [0.25, 0.3) is 6.47 Å². The monoisotopic (exact) mass is 571 g/mol. The van der Waals surface area contributed by atoms with E-state index in [1.165, 1.54) is 51.4 Å². The molecule has 0 spiro atoms. The maximum Gasteiger partial charge on any atom is 0.308 e. The minimum atomic E-state index is -0.393. The summed E-state index contributed by atoms with van der Waals surface area (Å²) in [6.45, 7) is 8.49. The Morgan fingerprint density at radius 3 is 1.88 bits per heavy atom. The summed E-state index contributed by atoms with van der Waals surface area (Å²) in [7, 11) is 0. The van der Waals surface area contributed by atoms with Crippen molar-refractivity contribution in [2.45, 2.75) is 155 Å². The summed E-state index contributed by atoms with van der Waals surface area (Å²) in [5.74, 6) is 0.0892. The van der Waals surface area contributed by atoms with Gasteiger partial charge in [0, 0.05) is 13.2 Å². The Bertz CT molecular complexity index is 547. The van der Waals surface area contributed by atoms with Crippen molar-refractivity contribution >= 4 is 12.4 Å². The number of aliphatic hydroxyl groups is 2. The maximum atomic E-state index is 12.8. The number of carbonyl (C=O) groups excluding carboxylic acids is 2. The summed E-state index contributed by atoms with van der Waals surface area (Å²) >= 11 is 0. The van der Waals surface area contributed by atoms with Gasteiger partial charge < -0.3 is 24.6 Å². The predicted octanol–water partition coefficient (Wildman–Crippen LogP) is 7.21. The lowest BCUT2D eigenvalue weighted by molar-refractivity contribution is -0.149. The Kier molecular flexibility index (Phi) is 29.9. The van der Waals surface area contributed by atoms with Crippen LogP contribution in [0.5, 0.6) is 0 Å². The highest BCUT2D eigenvalue weighted by Crippen LogP contribution is 2.21. The van der Waals surface area contributed by atoms with Gasteiger partial charge in [-0.05, 0) is 70.9 Å². The molecule has 0 aromatic carbocycles. The van der Waals surface area contributed by atoms with E-state index in [1.54, 1.807) is 0 Å². The first kappa shape index (κ1) is 38.8. The summed E-state index contributed by atoms with van der Waals surface area (Å²) in [5.41, 5.74) is 0. The maximum absolute atomic E-state index is 12.8. The summed E-state index contributed by atoms with van der Waals surface area (Å²) < 4.78 is 10.4. The number of hydrogen-bond donors (Lipinski definition) is 2. The number of hydrogen-bond acceptors (Lipinski definition) is 7. The van der Waals surface area contributed by atoms with Gasteiger partial charge in [0.05, 0.1) is 25.2 Å². The van der Waals surface area contributed by atoms with E-state index in [4.69, 9.17) is 14.6 Å². The van der Waals surface area contributed by atoms with Crippen molar-refractivity contribution in [2.75, 3.05) is 39.5 Å². The van der Waals surface area contributed by atoms with Gasteiger partial charge in [0.2, 0.25) is 0 Å². The van der Waals surface area contributed by atoms with Crippen molar-refractivity contribution in [3.63, 3.8) is 0 Å². The lowest BCUT2D eigenvalue weighted by Gasteiger charge is -2.25. The summed E-state index contributed by atoms with van der Waals surface area (Å²) in [4.78, 5) is 25.3. The average Bonchev–Trinajstić information content (AvgIpc) is 2.95. The second kappa shape index (κ2) is 30.8. The molecule has 40 heavy (non-hydrogen) atoms. The molecule has 0 aliphatic carbocycles. The predicted molar refractivity (Wildman–Crippen MR) is 164 cm³/mol. The van der Waals surface area contributed by atoms with Gasteiger partial charge in [-0.3, -0.25) is 9.59 Å². The van der Waals surface area contributed by atoms with E-state index in [9.17, 15) is 14.7 Å². The quantitative estimate of drug-likeness (QED) is 0.0500. The molecule has 0 aromatic heterocycles. The van der Waals surface area contributed by atoms with Gasteiger partial charge in [0.15, 0.2) is 0 Å². The number of unbranched alkanes of at least 4 members (excludes halogenated alkanes) is 13. The van der Waals surface area contributed by atoms with Crippen LogP contribution in [0.25, 0.3) is 0 Å². The average molecular weight is 572 g/mol. The first-order valence-electron chi connectivity index (χ1n) is 16.8. The Morgan fingerprint density at radius 1 is 0.700 bits per heavy atom. The molecule has 0 aliphatic rings. The lowest BCUT2D eigenvalue weighted by Crippen LogP contribution is -2.34. The van der Waals surface area contributed by atoms with Crippen LogP contribution in [0, 0.1) is 5.92 Å². The van der Waals surface area contributed by atoms with Gasteiger partial charge in [0.1, 0.15) is 0 Å². The normalized spacial score (nSPS) is 12.9. The Hall–Kier alpha value is -1.18. The van der Waals surface area contributed by atoms with Gasteiger partial charge in [-0.2, -0.15) is 0 Å². The molecular weight excluding hydrogens is 506 g/mol. The van der Waals surface area contributed by atoms with Crippen LogP contribution in [0.3, 0.4) is 0 Å². The van der Waals surface area contributed by atoms with E-state index in [0.29, 0.717) is 32.7 Å². The molecule has 0 saturated carbocycles. The third-order valence-electron chi connectivity index (χ3n) is 7.73. The molecule has 0 aromatic rings. The van der Waals surface area contributed by atoms with Crippen molar-refractivity contribution < 1.29 is 29.3 Å². The fourth-order valence-corrected chi connectivity index (χ4v) is 5.19. The van der Waals surface area contributed by atoms with Crippen LogP contribution in [0.1, 0.15) is 149 Å². The molecule has 2 atom stereocenters. The molecule has 0 heterocycles. The van der Waals surface area contributed by atoms with E-state index in [1.807, 2.05) is 0 Å². The SMILES string of the molecule is CCCCCCCCC(CCCCCC)C(=O)OCCCCCCN(CCCCO)CC(O)CCCCOC=O. The van der Waals surface area contributed by atoms with Crippen molar-refractivity contribution in [1.82, 2.24) is 4.90 Å². The molecule has 2 N–H and O–H groups in total. The molecule has 0 saturated heterocycles. The summed E-state index contributed by atoms with van der Waals surface area (Å²) in [6, 6.07) is 0. The Balaban J connectivity index is 4.24. The van der Waals surface area contributed by atoms with Crippen LogP contribution in [0.2, 0.25) is 0 Å². The second-order valence-electron chi connectivity index (χ2n) is 11.5. The molecule has 2 unspecified atom stereocenters. The zero-order valence-corrected chi connectivity index (χ0v) is 26.3. The highest BCUT2D eigenvalue weighted by molar-refractivity contribution is 5.72. The lowest BCUT2D eigenvalue weighted by atomic mass is 9.94. The van der Waals surface area contributed by atoms with Crippen LogP contribution in [0.4, 0.5) is 0 Å². The van der Waals surface area contributed by atoms with E-state index < -0.39 is 6.10 Å². The second-order valence-corrected chi connectivity index (χ2v) is 11.5. The molecule has 0 radical (unpaired) electrons. The van der Waals surface area contributed by atoms with E-state index >= 15 is 0 Å². The number of nitrogens with zero attached hydrogens (tertiary/aromatic N) is 1. The van der Waals surface area contributed by atoms with Crippen molar-refractivity contribution in [2.24, 2.45) is 5.92 Å². The van der Waals surface area contributed by atoms with Crippen molar-refractivity contribution in [3.05, 3.63) is 0 Å². The first-order valence-corrected chi connectivity index (χ1v) is 16.8. The first-order chi connectivity index (χ1) is 19.6. The summed E-state index contributed by atoms with van der Waals surface area (Å²) in [6.07, 6.45) is 21.9. The van der Waals surface area contributed by atoms with E-state index in [2.05, 4.69) is 18.7 Å². The zero-order valence-electron chi connectivity index (χ0n) is 26.3. The zero-order chi connectivity index (χ0) is 29.5. The molecular formula is C33H65NO6. The fourth-order valence-electron chi connectivity index (χ4n) is 5.19. The molecule has 7 heteroatoms. The third kappa shape index (κ3) is 25.8. The number of aliphatic hydroxyl groups excluding tert-OH is 2. The fraction of sp³-hybridized carbons (Fsp3) is 0.939. The van der Waals surface area contributed by atoms with Crippen LogP contribution in [-0.4, -0.2) is 73.1 Å². The number of ether oxygens (including phenoxy) is 2. The standard InChI is InChI=1S/C33H65NO6/c1-3-5-7-9-10-14-22-31(21-13-8-6-4-2)33(38)40-28-19-12-11-16-24-34(25-17-18-26-35)29-32(37)23-15-20-27-39-30-36/h30-32,35,37H,3-29H2,1-2H3. The smallest absolute Gasteiger partial charge is 0.308 e. The van der Waals surface area contributed by atoms with Crippen molar-refractivity contribution in [1.29, 1.82) is 0 Å². The molecule has 0 amide bonds. The minimum Gasteiger partial charge on any atom is -0.468 e. The topological polar surface area (TPSA) is 96.3 Å². The van der Waals surface area contributed by atoms with Gasteiger partial charge in [-0.25, -0.2) is 0 Å². The molecule has 0 fully saturated rings. The van der Waals surface area contributed by atoms with Gasteiger partial charge >= 0.3 is 5.97 Å². The molecule has 238 valence electrons. The Morgan fingerprint density at radius 2 is 1.23 bits per heavy atom. The van der Waals surface area contributed by atoms with Crippen molar-refractivity contribution in [3.8, 4) is 0 Å². The highest BCUT2D eigenvalue weighted by atomic mass is 16.5. The highest BCUT2D eigenvalue weighted by Gasteiger charge is 2.19. The largest absolute Gasteiger partial charge is 0.468 e. The van der Waals surface area contributed by atoms with Crippen LogP contribution >= 0.6 is 0 Å². The van der Waals surface area contributed by atoms with E-state index in [0.717, 1.165) is 90.1 Å².